The van der Waals surface area contributed by atoms with E-state index in [4.69, 9.17) is 9.47 Å². The lowest BCUT2D eigenvalue weighted by molar-refractivity contribution is -0.274. The number of halogens is 3. The standard InChI is InChI=1S/C18H24F3NO7S/c1-16(2,3)28-14(23)22(15(24)29-17(4,5)6)12-9-8-11(30(7,25)26)10-13(12)27-18(19,20)21/h8-10H,1-7H3. The Kier molecular flexibility index (Phi) is 7.09. The van der Waals surface area contributed by atoms with E-state index in [2.05, 4.69) is 4.74 Å². The number of alkyl halides is 3. The highest BCUT2D eigenvalue weighted by molar-refractivity contribution is 7.90. The van der Waals surface area contributed by atoms with Crippen molar-refractivity contribution < 1.29 is 45.4 Å². The summed E-state index contributed by atoms with van der Waals surface area (Å²) >= 11 is 0. The molecule has 2 amide bonds. The Hall–Kier alpha value is -2.50. The van der Waals surface area contributed by atoms with Gasteiger partial charge in [-0.2, -0.15) is 4.90 Å². The molecule has 1 rings (SSSR count). The molecule has 0 fully saturated rings. The minimum atomic E-state index is -5.24. The second kappa shape index (κ2) is 8.32. The molecule has 0 spiro atoms. The average molecular weight is 455 g/mol. The van der Waals surface area contributed by atoms with Gasteiger partial charge < -0.3 is 14.2 Å². The first kappa shape index (κ1) is 25.5. The minimum Gasteiger partial charge on any atom is -0.443 e. The summed E-state index contributed by atoms with van der Waals surface area (Å²) in [5.41, 5.74) is -2.91. The van der Waals surface area contributed by atoms with Crippen molar-refractivity contribution in [3.8, 4) is 5.75 Å². The average Bonchev–Trinajstić information content (AvgIpc) is 2.42. The summed E-state index contributed by atoms with van der Waals surface area (Å²) in [5.74, 6) is -1.10. The number of sulfone groups is 1. The van der Waals surface area contributed by atoms with E-state index in [0.717, 1.165) is 18.4 Å². The van der Waals surface area contributed by atoms with Crippen LogP contribution in [-0.2, 0) is 19.3 Å². The van der Waals surface area contributed by atoms with E-state index in [1.807, 2.05) is 0 Å². The number of carbonyl (C=O) groups excluding carboxylic acids is 2. The Balaban J connectivity index is 3.67. The summed E-state index contributed by atoms with van der Waals surface area (Å²) in [6.45, 7) is 8.91. The van der Waals surface area contributed by atoms with Gasteiger partial charge in [-0.3, -0.25) is 0 Å². The molecule has 0 heterocycles. The van der Waals surface area contributed by atoms with E-state index in [-0.39, 0.29) is 4.90 Å². The molecule has 0 aliphatic heterocycles. The van der Waals surface area contributed by atoms with E-state index < -0.39 is 55.9 Å². The fourth-order valence-electron chi connectivity index (χ4n) is 2.00. The second-order valence-electron chi connectivity index (χ2n) is 8.25. The lowest BCUT2D eigenvalue weighted by atomic mass is 10.2. The number of ether oxygens (including phenoxy) is 3. The molecule has 0 bridgehead atoms. The van der Waals surface area contributed by atoms with Crippen LogP contribution < -0.4 is 9.64 Å². The fourth-order valence-corrected chi connectivity index (χ4v) is 2.64. The molecule has 0 saturated carbocycles. The van der Waals surface area contributed by atoms with Crippen molar-refractivity contribution in [1.82, 2.24) is 0 Å². The first-order chi connectivity index (χ1) is 13.2. The fraction of sp³-hybridized carbons (Fsp3) is 0.556. The zero-order chi connectivity index (χ0) is 23.7. The van der Waals surface area contributed by atoms with Crippen molar-refractivity contribution in [2.45, 2.75) is 64.0 Å². The van der Waals surface area contributed by atoms with Gasteiger partial charge in [-0.05, 0) is 53.7 Å². The quantitative estimate of drug-likeness (QED) is 0.653. The Labute approximate surface area is 172 Å². The lowest BCUT2D eigenvalue weighted by Gasteiger charge is -2.29. The molecule has 0 N–H and O–H groups in total. The first-order valence-corrected chi connectivity index (χ1v) is 10.4. The van der Waals surface area contributed by atoms with Crippen LogP contribution in [0.4, 0.5) is 28.4 Å². The van der Waals surface area contributed by atoms with E-state index in [1.165, 1.54) is 41.5 Å². The van der Waals surface area contributed by atoms with Crippen molar-refractivity contribution in [2.75, 3.05) is 11.2 Å². The first-order valence-electron chi connectivity index (χ1n) is 8.55. The SMILES string of the molecule is CC(C)(C)OC(=O)N(C(=O)OC(C)(C)C)c1ccc(S(C)(=O)=O)cc1OC(F)(F)F. The van der Waals surface area contributed by atoms with Gasteiger partial charge in [0.05, 0.1) is 4.90 Å². The molecule has 30 heavy (non-hydrogen) atoms. The van der Waals surface area contributed by atoms with Gasteiger partial charge >= 0.3 is 18.5 Å². The van der Waals surface area contributed by atoms with E-state index in [0.29, 0.717) is 6.07 Å². The van der Waals surface area contributed by atoms with Crippen molar-refractivity contribution >= 4 is 27.7 Å². The van der Waals surface area contributed by atoms with Crippen molar-refractivity contribution in [2.24, 2.45) is 0 Å². The van der Waals surface area contributed by atoms with E-state index >= 15 is 0 Å². The number of hydrogen-bond acceptors (Lipinski definition) is 7. The topological polar surface area (TPSA) is 99.2 Å². The van der Waals surface area contributed by atoms with Crippen LogP contribution in [0.2, 0.25) is 0 Å². The Morgan fingerprint density at radius 1 is 0.900 bits per heavy atom. The minimum absolute atomic E-state index is 0.212. The number of carbonyl (C=O) groups is 2. The molecule has 0 radical (unpaired) electrons. The number of benzene rings is 1. The van der Waals surface area contributed by atoms with Crippen LogP contribution in [0.25, 0.3) is 0 Å². The summed E-state index contributed by atoms with van der Waals surface area (Å²) < 4.78 is 76.4. The number of imide groups is 1. The number of nitrogens with zero attached hydrogens (tertiary/aromatic N) is 1. The Bertz CT molecular complexity index is 885. The van der Waals surface area contributed by atoms with Crippen LogP contribution in [0.1, 0.15) is 41.5 Å². The molecule has 170 valence electrons. The number of amides is 2. The highest BCUT2D eigenvalue weighted by Crippen LogP contribution is 2.36. The molecule has 1 aromatic carbocycles. The van der Waals surface area contributed by atoms with Crippen LogP contribution in [0.15, 0.2) is 23.1 Å². The molecule has 0 aromatic heterocycles. The zero-order valence-electron chi connectivity index (χ0n) is 17.6. The molecule has 0 aliphatic carbocycles. The molecule has 0 unspecified atom stereocenters. The largest absolute Gasteiger partial charge is 0.573 e. The predicted molar refractivity (Wildman–Crippen MR) is 101 cm³/mol. The highest BCUT2D eigenvalue weighted by atomic mass is 32.2. The third kappa shape index (κ3) is 8.09. The summed E-state index contributed by atoms with van der Waals surface area (Å²) in [7, 11) is -3.92. The van der Waals surface area contributed by atoms with Crippen molar-refractivity contribution in [3.63, 3.8) is 0 Å². The molecule has 12 heteroatoms. The molecule has 1 aromatic rings. The Morgan fingerprint density at radius 3 is 1.67 bits per heavy atom. The van der Waals surface area contributed by atoms with Crippen LogP contribution in [0.3, 0.4) is 0 Å². The normalized spacial score (nSPS) is 12.9. The maximum Gasteiger partial charge on any atom is 0.573 e. The summed E-state index contributed by atoms with van der Waals surface area (Å²) in [4.78, 5) is 25.0. The maximum atomic E-state index is 12.9. The molecule has 0 atom stereocenters. The maximum absolute atomic E-state index is 12.9. The van der Waals surface area contributed by atoms with Crippen LogP contribution in [0.5, 0.6) is 5.75 Å². The van der Waals surface area contributed by atoms with Gasteiger partial charge in [0.1, 0.15) is 16.9 Å². The van der Waals surface area contributed by atoms with Crippen molar-refractivity contribution in [1.29, 1.82) is 0 Å². The predicted octanol–water partition coefficient (Wildman–Crippen LogP) is 4.67. The van der Waals surface area contributed by atoms with Gasteiger partial charge in [0.2, 0.25) is 0 Å². The van der Waals surface area contributed by atoms with E-state index in [1.54, 1.807) is 0 Å². The van der Waals surface area contributed by atoms with Gasteiger partial charge in [-0.25, -0.2) is 18.0 Å². The van der Waals surface area contributed by atoms with Gasteiger partial charge in [-0.1, -0.05) is 0 Å². The van der Waals surface area contributed by atoms with Gasteiger partial charge in [-0.15, -0.1) is 13.2 Å². The third-order valence-corrected chi connectivity index (χ3v) is 4.09. The molecule has 8 nitrogen and oxygen atoms in total. The second-order valence-corrected chi connectivity index (χ2v) is 10.3. The third-order valence-electron chi connectivity index (χ3n) is 2.98. The smallest absolute Gasteiger partial charge is 0.443 e. The van der Waals surface area contributed by atoms with Crippen LogP contribution >= 0.6 is 0 Å². The number of hydrogen-bond donors (Lipinski definition) is 0. The molecular weight excluding hydrogens is 431 g/mol. The van der Waals surface area contributed by atoms with Crippen molar-refractivity contribution in [3.05, 3.63) is 18.2 Å². The highest BCUT2D eigenvalue weighted by Gasteiger charge is 2.38. The number of anilines is 1. The summed E-state index contributed by atoms with van der Waals surface area (Å²) in [6.07, 6.45) is -7.14. The van der Waals surface area contributed by atoms with Gasteiger partial charge in [0, 0.05) is 12.3 Å². The van der Waals surface area contributed by atoms with Gasteiger partial charge in [0.15, 0.2) is 15.6 Å². The summed E-state index contributed by atoms with van der Waals surface area (Å²) in [5, 5.41) is 0. The summed E-state index contributed by atoms with van der Waals surface area (Å²) in [6, 6.07) is 2.31. The molecule has 0 saturated heterocycles. The number of rotatable bonds is 3. The van der Waals surface area contributed by atoms with Gasteiger partial charge in [0.25, 0.3) is 0 Å². The van der Waals surface area contributed by atoms with Crippen LogP contribution in [0, 0.1) is 0 Å². The molecule has 0 aliphatic rings. The zero-order valence-corrected chi connectivity index (χ0v) is 18.4. The monoisotopic (exact) mass is 455 g/mol. The Morgan fingerprint density at radius 2 is 1.33 bits per heavy atom. The lowest BCUT2D eigenvalue weighted by Crippen LogP contribution is -2.44. The van der Waals surface area contributed by atoms with Crippen LogP contribution in [-0.4, -0.2) is 44.4 Å². The van der Waals surface area contributed by atoms with E-state index in [9.17, 15) is 31.2 Å². The molecular formula is C18H24F3NO7S.